The zero-order valence-electron chi connectivity index (χ0n) is 19.3. The second-order valence-corrected chi connectivity index (χ2v) is 11.2. The van der Waals surface area contributed by atoms with Crippen LogP contribution in [0.15, 0.2) is 59.5 Å². The molecular weight excluding hydrogens is 462 g/mol. The molecular formula is C24H29NO8S. The third-order valence-corrected chi connectivity index (χ3v) is 7.83. The van der Waals surface area contributed by atoms with Gasteiger partial charge in [0.2, 0.25) is 6.54 Å². The highest BCUT2D eigenvalue weighted by Crippen LogP contribution is 2.41. The lowest BCUT2D eigenvalue weighted by molar-refractivity contribution is -0.490. The van der Waals surface area contributed by atoms with Crippen molar-refractivity contribution in [3.05, 3.63) is 75.8 Å². The van der Waals surface area contributed by atoms with Gasteiger partial charge in [0.05, 0.1) is 29.3 Å². The first-order valence-corrected chi connectivity index (χ1v) is 12.8. The quantitative estimate of drug-likeness (QED) is 0.388. The minimum absolute atomic E-state index is 0.111. The number of benzene rings is 2. The summed E-state index contributed by atoms with van der Waals surface area (Å²) in [6, 6.07) is 15.9. The number of sulfone groups is 1. The van der Waals surface area contributed by atoms with Crippen molar-refractivity contribution in [1.29, 1.82) is 0 Å². The van der Waals surface area contributed by atoms with Crippen LogP contribution in [-0.4, -0.2) is 56.0 Å². The van der Waals surface area contributed by atoms with Gasteiger partial charge in [0.15, 0.2) is 21.9 Å². The van der Waals surface area contributed by atoms with Gasteiger partial charge < -0.3 is 18.9 Å². The first-order chi connectivity index (χ1) is 16.0. The molecule has 34 heavy (non-hydrogen) atoms. The lowest BCUT2D eigenvalue weighted by Crippen LogP contribution is -2.44. The molecule has 184 valence electrons. The maximum absolute atomic E-state index is 13.1. The van der Waals surface area contributed by atoms with Crippen molar-refractivity contribution in [1.82, 2.24) is 0 Å². The average molecular weight is 492 g/mol. The van der Waals surface area contributed by atoms with Crippen LogP contribution in [0.5, 0.6) is 0 Å². The molecule has 0 spiro atoms. The highest BCUT2D eigenvalue weighted by Gasteiger charge is 2.58. The van der Waals surface area contributed by atoms with E-state index in [0.717, 1.165) is 11.1 Å². The third kappa shape index (κ3) is 5.64. The molecule has 0 saturated carbocycles. The Bertz CT molecular complexity index is 1100. The fourth-order valence-electron chi connectivity index (χ4n) is 4.41. The molecule has 10 heteroatoms. The summed E-state index contributed by atoms with van der Waals surface area (Å²) in [6.45, 7) is 4.97. The van der Waals surface area contributed by atoms with Gasteiger partial charge in [-0.3, -0.25) is 10.1 Å². The van der Waals surface area contributed by atoms with Crippen LogP contribution < -0.4 is 0 Å². The largest absolute Gasteiger partial charge is 0.368 e. The molecule has 4 rings (SSSR count). The van der Waals surface area contributed by atoms with Gasteiger partial charge in [-0.1, -0.05) is 48.0 Å². The molecule has 2 aromatic carbocycles. The van der Waals surface area contributed by atoms with Crippen molar-refractivity contribution in [3.8, 4) is 0 Å². The smallest absolute Gasteiger partial charge is 0.210 e. The van der Waals surface area contributed by atoms with Crippen LogP contribution in [0.1, 0.15) is 25.0 Å². The number of nitrogens with zero attached hydrogens (tertiary/aromatic N) is 1. The summed E-state index contributed by atoms with van der Waals surface area (Å²) in [5.74, 6) is -2.35. The Kier molecular flexibility index (Phi) is 7.07. The molecule has 2 saturated heterocycles. The van der Waals surface area contributed by atoms with Crippen LogP contribution in [0.3, 0.4) is 0 Å². The minimum atomic E-state index is -3.82. The normalized spacial score (nSPS) is 26.8. The van der Waals surface area contributed by atoms with E-state index < -0.39 is 63.4 Å². The summed E-state index contributed by atoms with van der Waals surface area (Å²) in [7, 11) is -3.82. The van der Waals surface area contributed by atoms with Gasteiger partial charge in [0.25, 0.3) is 0 Å². The fourth-order valence-corrected chi connectivity index (χ4v) is 6.01. The van der Waals surface area contributed by atoms with E-state index in [1.54, 1.807) is 26.0 Å². The number of hydrogen-bond donors (Lipinski definition) is 0. The van der Waals surface area contributed by atoms with Gasteiger partial charge in [-0.15, -0.1) is 0 Å². The Morgan fingerprint density at radius 1 is 1.09 bits per heavy atom. The summed E-state index contributed by atoms with van der Waals surface area (Å²) in [5.41, 5.74) is 1.82. The molecule has 9 nitrogen and oxygen atoms in total. The maximum Gasteiger partial charge on any atom is 0.210 e. The van der Waals surface area contributed by atoms with Gasteiger partial charge in [-0.2, -0.15) is 0 Å². The molecule has 0 amide bonds. The van der Waals surface area contributed by atoms with Crippen LogP contribution >= 0.6 is 0 Å². The van der Waals surface area contributed by atoms with Gasteiger partial charge in [-0.05, 0) is 38.5 Å². The fraction of sp³-hybridized carbons (Fsp3) is 0.500. The predicted molar refractivity (Wildman–Crippen MR) is 122 cm³/mol. The van der Waals surface area contributed by atoms with Gasteiger partial charge >= 0.3 is 0 Å². The van der Waals surface area contributed by atoms with Crippen molar-refractivity contribution < 1.29 is 32.3 Å². The summed E-state index contributed by atoms with van der Waals surface area (Å²) in [4.78, 5) is 11.1. The molecule has 2 aliphatic heterocycles. The molecule has 0 unspecified atom stereocenters. The topological polar surface area (TPSA) is 114 Å². The number of rotatable bonds is 9. The molecule has 0 aromatic heterocycles. The van der Waals surface area contributed by atoms with E-state index in [0.29, 0.717) is 0 Å². The van der Waals surface area contributed by atoms with Crippen LogP contribution in [-0.2, 0) is 35.4 Å². The monoisotopic (exact) mass is 491 g/mol. The zero-order valence-corrected chi connectivity index (χ0v) is 20.1. The van der Waals surface area contributed by atoms with E-state index in [4.69, 9.17) is 18.9 Å². The second kappa shape index (κ2) is 9.71. The Labute approximate surface area is 199 Å². The van der Waals surface area contributed by atoms with Gasteiger partial charge in [-0.25, -0.2) is 8.42 Å². The molecule has 0 bridgehead atoms. The predicted octanol–water partition coefficient (Wildman–Crippen LogP) is 3.12. The summed E-state index contributed by atoms with van der Waals surface area (Å²) in [5, 5.41) is 11.5. The Morgan fingerprint density at radius 3 is 2.41 bits per heavy atom. The van der Waals surface area contributed by atoms with Crippen molar-refractivity contribution in [2.45, 2.75) is 62.7 Å². The van der Waals surface area contributed by atoms with Crippen molar-refractivity contribution in [2.75, 3.05) is 12.3 Å². The van der Waals surface area contributed by atoms with Crippen molar-refractivity contribution in [2.24, 2.45) is 5.92 Å². The second-order valence-electron chi connectivity index (χ2n) is 9.20. The Morgan fingerprint density at radius 2 is 1.76 bits per heavy atom. The van der Waals surface area contributed by atoms with E-state index in [1.807, 2.05) is 37.3 Å². The van der Waals surface area contributed by atoms with E-state index in [1.165, 1.54) is 12.1 Å². The summed E-state index contributed by atoms with van der Waals surface area (Å²) in [6.07, 6.45) is -3.09. The van der Waals surface area contributed by atoms with Crippen LogP contribution in [0.2, 0.25) is 0 Å². The summed E-state index contributed by atoms with van der Waals surface area (Å²) >= 11 is 0. The van der Waals surface area contributed by atoms with E-state index >= 15 is 0 Å². The highest BCUT2D eigenvalue weighted by atomic mass is 32.2. The molecule has 2 fully saturated rings. The van der Waals surface area contributed by atoms with E-state index in [2.05, 4.69) is 0 Å². The number of fused-ring (bicyclic) bond motifs is 1. The first-order valence-electron chi connectivity index (χ1n) is 11.1. The number of nitro groups is 1. The maximum atomic E-state index is 13.1. The van der Waals surface area contributed by atoms with Crippen LogP contribution in [0.25, 0.3) is 0 Å². The van der Waals surface area contributed by atoms with Crippen LogP contribution in [0, 0.1) is 23.0 Å². The number of hydrogen-bond acceptors (Lipinski definition) is 8. The van der Waals surface area contributed by atoms with Gasteiger partial charge in [0, 0.05) is 4.92 Å². The Hall–Kier alpha value is -2.37. The molecule has 0 radical (unpaired) electrons. The number of ether oxygens (including phenoxy) is 4. The standard InChI is InChI=1S/C24H29NO8S/c1-16-9-11-19(12-10-16)34(28,29)15-18(13-25(26)27)20-21(30-14-17-7-5-4-6-8-17)22-23(31-20)33-24(2,3)32-22/h4-12,18,20-23H,13-15H2,1-3H3/t18-,20+,21+,22+,23+/m0/s1. The first kappa shape index (κ1) is 24.7. The molecule has 2 aliphatic rings. The Balaban J connectivity index is 1.60. The molecule has 5 atom stereocenters. The molecule has 2 aromatic rings. The average Bonchev–Trinajstić information content (AvgIpc) is 3.24. The molecule has 0 N–H and O–H groups in total. The number of aryl methyl sites for hydroxylation is 1. The van der Waals surface area contributed by atoms with E-state index in [-0.39, 0.29) is 11.5 Å². The van der Waals surface area contributed by atoms with Crippen molar-refractivity contribution in [3.63, 3.8) is 0 Å². The van der Waals surface area contributed by atoms with Crippen molar-refractivity contribution >= 4 is 9.84 Å². The summed E-state index contributed by atoms with van der Waals surface area (Å²) < 4.78 is 50.3. The molecule has 0 aliphatic carbocycles. The highest BCUT2D eigenvalue weighted by molar-refractivity contribution is 7.91. The zero-order chi connectivity index (χ0) is 24.5. The third-order valence-electron chi connectivity index (χ3n) is 5.97. The van der Waals surface area contributed by atoms with Gasteiger partial charge in [0.1, 0.15) is 12.2 Å². The lowest BCUT2D eigenvalue weighted by atomic mass is 9.98. The lowest BCUT2D eigenvalue weighted by Gasteiger charge is -2.29. The van der Waals surface area contributed by atoms with Crippen LogP contribution in [0.4, 0.5) is 0 Å². The SMILES string of the molecule is Cc1ccc(S(=O)(=O)C[C@H](C[N+](=O)[O-])[C@H]2O[C@@H]3OC(C)(C)O[C@@H]3[C@@H]2OCc2ccccc2)cc1. The molecule has 2 heterocycles. The minimum Gasteiger partial charge on any atom is -0.368 e. The van der Waals surface area contributed by atoms with E-state index in [9.17, 15) is 18.5 Å².